The number of esters is 1. The van der Waals surface area contributed by atoms with E-state index in [1.807, 2.05) is 37.3 Å². The lowest BCUT2D eigenvalue weighted by molar-refractivity contribution is -0.159. The largest absolute Gasteiger partial charge is 0.492 e. The number of ether oxygens (including phenoxy) is 3. The van der Waals surface area contributed by atoms with Crippen LogP contribution in [0.2, 0.25) is 0 Å². The molecule has 3 unspecified atom stereocenters. The first-order chi connectivity index (χ1) is 19.3. The molecule has 0 fully saturated rings. The van der Waals surface area contributed by atoms with Crippen LogP contribution in [0.15, 0.2) is 60.2 Å². The maximum Gasteiger partial charge on any atom is 0.309 e. The van der Waals surface area contributed by atoms with Crippen LogP contribution >= 0.6 is 0 Å². The Labute approximate surface area is 250 Å². The minimum Gasteiger partial charge on any atom is -0.492 e. The van der Waals surface area contributed by atoms with Crippen molar-refractivity contribution in [3.63, 3.8) is 0 Å². The fourth-order valence-corrected chi connectivity index (χ4v) is 5.33. The summed E-state index contributed by atoms with van der Waals surface area (Å²) in [6.07, 6.45) is 10.9. The molecule has 0 aliphatic carbocycles. The fourth-order valence-electron chi connectivity index (χ4n) is 5.33. The molecule has 41 heavy (non-hydrogen) atoms. The first-order valence-corrected chi connectivity index (χ1v) is 15.7. The molecule has 4 nitrogen and oxygen atoms in total. The molecule has 2 rings (SSSR count). The highest BCUT2D eigenvalue weighted by Gasteiger charge is 2.27. The third-order valence-corrected chi connectivity index (χ3v) is 7.90. The molecule has 0 spiro atoms. The predicted molar refractivity (Wildman–Crippen MR) is 174 cm³/mol. The first kappa shape index (κ1) is 34.5. The number of carbonyl (C=O) groups excluding carboxylic acids is 1. The molecule has 0 saturated heterocycles. The molecular weight excluding hydrogens is 508 g/mol. The highest BCUT2D eigenvalue weighted by Crippen LogP contribution is 2.38. The minimum absolute atomic E-state index is 0.213. The molecule has 4 heteroatoms. The van der Waals surface area contributed by atoms with Crippen LogP contribution < -0.4 is 9.47 Å². The summed E-state index contributed by atoms with van der Waals surface area (Å²) >= 11 is 0. The van der Waals surface area contributed by atoms with Gasteiger partial charge in [0.05, 0.1) is 19.6 Å². The molecule has 0 saturated carbocycles. The topological polar surface area (TPSA) is 44.8 Å². The van der Waals surface area contributed by atoms with E-state index in [2.05, 4.69) is 86.6 Å². The van der Waals surface area contributed by atoms with Gasteiger partial charge in [-0.05, 0) is 68.1 Å². The van der Waals surface area contributed by atoms with E-state index < -0.39 is 5.60 Å². The van der Waals surface area contributed by atoms with Crippen LogP contribution in [0.3, 0.4) is 0 Å². The number of carbonyl (C=O) groups is 1. The van der Waals surface area contributed by atoms with Gasteiger partial charge in [0, 0.05) is 16.7 Å². The molecule has 3 atom stereocenters. The van der Waals surface area contributed by atoms with E-state index in [9.17, 15) is 4.79 Å². The van der Waals surface area contributed by atoms with E-state index in [0.29, 0.717) is 18.4 Å². The van der Waals surface area contributed by atoms with E-state index in [1.165, 1.54) is 12.0 Å². The molecule has 0 heterocycles. The minimum atomic E-state index is -0.402. The Morgan fingerprint density at radius 2 is 1.54 bits per heavy atom. The zero-order valence-corrected chi connectivity index (χ0v) is 27.5. The van der Waals surface area contributed by atoms with E-state index in [0.717, 1.165) is 41.5 Å². The van der Waals surface area contributed by atoms with Crippen LogP contribution in [0, 0.1) is 23.2 Å². The van der Waals surface area contributed by atoms with E-state index in [1.54, 1.807) is 0 Å². The summed E-state index contributed by atoms with van der Waals surface area (Å²) in [5.41, 5.74) is 1.21. The first-order valence-electron chi connectivity index (χ1n) is 15.7. The third-order valence-electron chi connectivity index (χ3n) is 7.90. The Balaban J connectivity index is 2.05. The second-order valence-electron chi connectivity index (χ2n) is 13.2. The lowest BCUT2D eigenvalue weighted by atomic mass is 9.72. The molecule has 2 aromatic carbocycles. The zero-order valence-electron chi connectivity index (χ0n) is 27.5. The van der Waals surface area contributed by atoms with Crippen molar-refractivity contribution < 1.29 is 19.0 Å². The summed E-state index contributed by atoms with van der Waals surface area (Å²) in [6.45, 7) is 23.0. The lowest BCUT2D eigenvalue weighted by Gasteiger charge is -2.33. The van der Waals surface area contributed by atoms with Gasteiger partial charge in [-0.2, -0.15) is 0 Å². The van der Waals surface area contributed by atoms with E-state index in [4.69, 9.17) is 14.2 Å². The summed E-state index contributed by atoms with van der Waals surface area (Å²) in [5.74, 6) is 2.80. The van der Waals surface area contributed by atoms with Crippen molar-refractivity contribution in [2.75, 3.05) is 13.2 Å². The van der Waals surface area contributed by atoms with Crippen LogP contribution in [0.5, 0.6) is 11.5 Å². The second-order valence-corrected chi connectivity index (χ2v) is 13.2. The van der Waals surface area contributed by atoms with Crippen LogP contribution in [0.4, 0.5) is 0 Å². The van der Waals surface area contributed by atoms with Crippen LogP contribution in [0.25, 0.3) is 10.8 Å². The molecule has 0 aliphatic rings. The normalized spacial score (nSPS) is 15.6. The van der Waals surface area contributed by atoms with E-state index in [-0.39, 0.29) is 30.3 Å². The molecule has 0 aliphatic heterocycles. The third kappa shape index (κ3) is 10.9. The van der Waals surface area contributed by atoms with Gasteiger partial charge >= 0.3 is 5.97 Å². The van der Waals surface area contributed by atoms with Gasteiger partial charge in [0.1, 0.15) is 17.1 Å². The Bertz CT molecular complexity index is 1150. The van der Waals surface area contributed by atoms with Crippen molar-refractivity contribution in [1.82, 2.24) is 0 Å². The summed E-state index contributed by atoms with van der Waals surface area (Å²) in [6, 6.07) is 12.0. The Hall–Kier alpha value is -2.75. The highest BCUT2D eigenvalue weighted by atomic mass is 16.6. The number of allylic oxidation sites excluding steroid dienone is 3. The summed E-state index contributed by atoms with van der Waals surface area (Å²) in [7, 11) is 0. The quantitative estimate of drug-likeness (QED) is 0.150. The number of benzene rings is 2. The van der Waals surface area contributed by atoms with E-state index >= 15 is 0 Å². The second kappa shape index (κ2) is 16.0. The Morgan fingerprint density at radius 1 is 0.927 bits per heavy atom. The van der Waals surface area contributed by atoms with Gasteiger partial charge in [0.2, 0.25) is 0 Å². The standard InChI is InChI=1S/C37H56O4/c1-11-23-37(10,13-3)41-35(38)22-24-39-33-18-14-17-31-30(33)16-15-19-34(31)40-26-28(6)20-21-29(12-2)32(25-27(4)5)36(7,8)9/h12,14-21,27-28,32H,11,13,22-26H2,1-10H3/b21-20-,29-12+. The summed E-state index contributed by atoms with van der Waals surface area (Å²) in [5, 5.41) is 1.98. The predicted octanol–water partition coefficient (Wildman–Crippen LogP) is 10.3. The van der Waals surface area contributed by atoms with Gasteiger partial charge in [-0.3, -0.25) is 4.79 Å². The number of hydrogen-bond acceptors (Lipinski definition) is 4. The average molecular weight is 565 g/mol. The summed E-state index contributed by atoms with van der Waals surface area (Å²) < 4.78 is 18.2. The Kier molecular flexibility index (Phi) is 13.5. The smallest absolute Gasteiger partial charge is 0.309 e. The van der Waals surface area contributed by atoms with Gasteiger partial charge in [-0.15, -0.1) is 0 Å². The lowest BCUT2D eigenvalue weighted by Crippen LogP contribution is -2.31. The fraction of sp³-hybridized carbons (Fsp3) is 0.595. The molecule has 2 aromatic rings. The van der Waals surface area contributed by atoms with Gasteiger partial charge in [0.25, 0.3) is 0 Å². The monoisotopic (exact) mass is 564 g/mol. The van der Waals surface area contributed by atoms with Gasteiger partial charge in [-0.25, -0.2) is 0 Å². The van der Waals surface area contributed by atoms with Gasteiger partial charge in [-0.1, -0.05) is 104 Å². The van der Waals surface area contributed by atoms with Crippen LogP contribution in [-0.2, 0) is 9.53 Å². The molecule has 0 aromatic heterocycles. The van der Waals surface area contributed by atoms with Crippen molar-refractivity contribution in [3.05, 3.63) is 60.2 Å². The molecular formula is C37H56O4. The van der Waals surface area contributed by atoms with Crippen LogP contribution in [-0.4, -0.2) is 24.8 Å². The van der Waals surface area contributed by atoms with Crippen molar-refractivity contribution in [2.45, 2.75) is 107 Å². The maximum absolute atomic E-state index is 12.5. The number of hydrogen-bond donors (Lipinski definition) is 0. The molecule has 228 valence electrons. The van der Waals surface area contributed by atoms with Gasteiger partial charge < -0.3 is 14.2 Å². The molecule has 0 bridgehead atoms. The van der Waals surface area contributed by atoms with Crippen molar-refractivity contribution in [3.8, 4) is 11.5 Å². The molecule has 0 N–H and O–H groups in total. The van der Waals surface area contributed by atoms with Crippen molar-refractivity contribution in [1.29, 1.82) is 0 Å². The molecule has 0 amide bonds. The van der Waals surface area contributed by atoms with Crippen molar-refractivity contribution in [2.24, 2.45) is 23.2 Å². The van der Waals surface area contributed by atoms with Crippen molar-refractivity contribution >= 4 is 16.7 Å². The zero-order chi connectivity index (χ0) is 30.6. The Morgan fingerprint density at radius 3 is 2.05 bits per heavy atom. The number of fused-ring (bicyclic) bond motifs is 1. The SMILES string of the molecule is C/C=C(\C=C/C(C)COc1cccc2c(OCCC(=O)OC(C)(CC)CCC)cccc12)C(CC(C)C)C(C)(C)C. The average Bonchev–Trinajstić information content (AvgIpc) is 2.91. The summed E-state index contributed by atoms with van der Waals surface area (Å²) in [4.78, 5) is 12.5. The molecule has 0 radical (unpaired) electrons. The number of rotatable bonds is 16. The van der Waals surface area contributed by atoms with Crippen LogP contribution in [0.1, 0.15) is 101 Å². The maximum atomic E-state index is 12.5. The van der Waals surface area contributed by atoms with Gasteiger partial charge in [0.15, 0.2) is 0 Å². The highest BCUT2D eigenvalue weighted by molar-refractivity contribution is 5.93.